The van der Waals surface area contributed by atoms with Crippen molar-refractivity contribution in [1.29, 1.82) is 0 Å². The SMILES string of the molecule is CCC(CC)(CNC(=NC)NC(C)Cc1c(C)nn(C)c1C)c1ccccc1. The molecule has 0 saturated carbocycles. The molecule has 0 amide bonds. The van der Waals surface area contributed by atoms with E-state index >= 15 is 0 Å². The van der Waals surface area contributed by atoms with Gasteiger partial charge in [-0.25, -0.2) is 0 Å². The highest BCUT2D eigenvalue weighted by Crippen LogP contribution is 2.30. The number of nitrogens with one attached hydrogen (secondary N) is 2. The Morgan fingerprint density at radius 3 is 2.32 bits per heavy atom. The summed E-state index contributed by atoms with van der Waals surface area (Å²) in [5.41, 5.74) is 5.15. The average Bonchev–Trinajstić information content (AvgIpc) is 2.95. The highest BCUT2D eigenvalue weighted by molar-refractivity contribution is 5.80. The van der Waals surface area contributed by atoms with E-state index in [4.69, 9.17) is 0 Å². The summed E-state index contributed by atoms with van der Waals surface area (Å²) >= 11 is 0. The monoisotopic (exact) mass is 383 g/mol. The molecule has 1 unspecified atom stereocenters. The molecule has 0 aliphatic rings. The molecular weight excluding hydrogens is 346 g/mol. The third-order valence-corrected chi connectivity index (χ3v) is 6.11. The van der Waals surface area contributed by atoms with Gasteiger partial charge < -0.3 is 10.6 Å². The van der Waals surface area contributed by atoms with Crippen molar-refractivity contribution in [2.75, 3.05) is 13.6 Å². The van der Waals surface area contributed by atoms with Crippen molar-refractivity contribution < 1.29 is 0 Å². The van der Waals surface area contributed by atoms with Gasteiger partial charge in [0, 0.05) is 37.8 Å². The summed E-state index contributed by atoms with van der Waals surface area (Å²) < 4.78 is 1.96. The van der Waals surface area contributed by atoms with Crippen LogP contribution in [-0.2, 0) is 18.9 Å². The molecule has 2 N–H and O–H groups in total. The van der Waals surface area contributed by atoms with Crippen LogP contribution in [0.3, 0.4) is 0 Å². The summed E-state index contributed by atoms with van der Waals surface area (Å²) in [6.07, 6.45) is 3.10. The first-order valence-corrected chi connectivity index (χ1v) is 10.4. The molecule has 0 bridgehead atoms. The number of aliphatic imine (C=N–C) groups is 1. The molecular formula is C23H37N5. The van der Waals surface area contributed by atoms with E-state index in [0.717, 1.165) is 37.5 Å². The Bertz CT molecular complexity index is 772. The van der Waals surface area contributed by atoms with Crippen LogP contribution in [0.5, 0.6) is 0 Å². The van der Waals surface area contributed by atoms with Gasteiger partial charge in [0.1, 0.15) is 0 Å². The molecule has 1 atom stereocenters. The maximum Gasteiger partial charge on any atom is 0.191 e. The van der Waals surface area contributed by atoms with Crippen LogP contribution in [0.15, 0.2) is 35.3 Å². The first-order chi connectivity index (χ1) is 13.4. The van der Waals surface area contributed by atoms with Crippen molar-refractivity contribution in [2.24, 2.45) is 12.0 Å². The second-order valence-electron chi connectivity index (χ2n) is 7.80. The van der Waals surface area contributed by atoms with Gasteiger partial charge in [0.2, 0.25) is 0 Å². The fourth-order valence-electron chi connectivity index (χ4n) is 3.95. The molecule has 0 radical (unpaired) electrons. The second kappa shape index (κ2) is 9.76. The van der Waals surface area contributed by atoms with Crippen LogP contribution in [0, 0.1) is 13.8 Å². The summed E-state index contributed by atoms with van der Waals surface area (Å²) in [5.74, 6) is 0.855. The predicted molar refractivity (Wildman–Crippen MR) is 119 cm³/mol. The van der Waals surface area contributed by atoms with Gasteiger partial charge in [-0.05, 0) is 51.2 Å². The highest BCUT2D eigenvalue weighted by atomic mass is 15.3. The summed E-state index contributed by atoms with van der Waals surface area (Å²) in [6.45, 7) is 11.8. The van der Waals surface area contributed by atoms with Crippen molar-refractivity contribution in [1.82, 2.24) is 20.4 Å². The first kappa shape index (κ1) is 22.0. The van der Waals surface area contributed by atoms with Crippen molar-refractivity contribution in [2.45, 2.75) is 65.3 Å². The lowest BCUT2D eigenvalue weighted by Crippen LogP contribution is -2.48. The zero-order valence-corrected chi connectivity index (χ0v) is 18.6. The van der Waals surface area contributed by atoms with E-state index in [1.807, 2.05) is 18.8 Å². The summed E-state index contributed by atoms with van der Waals surface area (Å²) in [7, 11) is 3.84. The minimum absolute atomic E-state index is 0.110. The molecule has 5 nitrogen and oxygen atoms in total. The van der Waals surface area contributed by atoms with Crippen molar-refractivity contribution in [3.8, 4) is 0 Å². The van der Waals surface area contributed by atoms with Crippen molar-refractivity contribution in [3.63, 3.8) is 0 Å². The average molecular weight is 384 g/mol. The van der Waals surface area contributed by atoms with E-state index < -0.39 is 0 Å². The van der Waals surface area contributed by atoms with Crippen LogP contribution < -0.4 is 10.6 Å². The fourth-order valence-corrected chi connectivity index (χ4v) is 3.95. The number of nitrogens with zero attached hydrogens (tertiary/aromatic N) is 3. The Balaban J connectivity index is 2.03. The molecule has 0 fully saturated rings. The Hall–Kier alpha value is -2.30. The molecule has 28 heavy (non-hydrogen) atoms. The Labute approximate surface area is 170 Å². The van der Waals surface area contributed by atoms with Gasteiger partial charge in [-0.15, -0.1) is 0 Å². The largest absolute Gasteiger partial charge is 0.356 e. The molecule has 2 rings (SSSR count). The third kappa shape index (κ3) is 4.94. The van der Waals surface area contributed by atoms with Crippen LogP contribution >= 0.6 is 0 Å². The quantitative estimate of drug-likeness (QED) is 0.537. The summed E-state index contributed by atoms with van der Waals surface area (Å²) in [4.78, 5) is 4.46. The van der Waals surface area contributed by atoms with Gasteiger partial charge in [-0.3, -0.25) is 9.67 Å². The van der Waals surface area contributed by atoms with Crippen molar-refractivity contribution >= 4 is 5.96 Å². The molecule has 1 aromatic carbocycles. The van der Waals surface area contributed by atoms with Crippen LogP contribution in [0.1, 0.15) is 56.1 Å². The van der Waals surface area contributed by atoms with E-state index in [0.29, 0.717) is 0 Å². The van der Waals surface area contributed by atoms with Gasteiger partial charge in [-0.2, -0.15) is 5.10 Å². The Morgan fingerprint density at radius 1 is 1.18 bits per heavy atom. The van der Waals surface area contributed by atoms with Gasteiger partial charge >= 0.3 is 0 Å². The van der Waals surface area contributed by atoms with E-state index in [-0.39, 0.29) is 11.5 Å². The maximum atomic E-state index is 4.53. The predicted octanol–water partition coefficient (Wildman–Crippen LogP) is 3.89. The number of hydrogen-bond donors (Lipinski definition) is 2. The normalized spacial score (nSPS) is 13.5. The highest BCUT2D eigenvalue weighted by Gasteiger charge is 2.28. The molecule has 5 heteroatoms. The topological polar surface area (TPSA) is 54.2 Å². The van der Waals surface area contributed by atoms with E-state index in [9.17, 15) is 0 Å². The van der Waals surface area contributed by atoms with Crippen LogP contribution in [0.25, 0.3) is 0 Å². The molecule has 0 saturated heterocycles. The number of aromatic nitrogens is 2. The van der Waals surface area contributed by atoms with Crippen molar-refractivity contribution in [3.05, 3.63) is 52.8 Å². The van der Waals surface area contributed by atoms with Crippen LogP contribution in [-0.4, -0.2) is 35.4 Å². The summed E-state index contributed by atoms with van der Waals surface area (Å²) in [6, 6.07) is 11.1. The minimum Gasteiger partial charge on any atom is -0.356 e. The lowest BCUT2D eigenvalue weighted by molar-refractivity contribution is 0.388. The summed E-state index contributed by atoms with van der Waals surface area (Å²) in [5, 5.41) is 11.7. The molecule has 0 spiro atoms. The lowest BCUT2D eigenvalue weighted by Gasteiger charge is -2.33. The van der Waals surface area contributed by atoms with E-state index in [1.54, 1.807) is 0 Å². The lowest BCUT2D eigenvalue weighted by atomic mass is 9.76. The van der Waals surface area contributed by atoms with Gasteiger partial charge in [0.05, 0.1) is 5.69 Å². The van der Waals surface area contributed by atoms with E-state index in [1.165, 1.54) is 16.8 Å². The molecule has 154 valence electrons. The van der Waals surface area contributed by atoms with Gasteiger partial charge in [-0.1, -0.05) is 44.2 Å². The smallest absolute Gasteiger partial charge is 0.191 e. The van der Waals surface area contributed by atoms with Crippen LogP contribution in [0.4, 0.5) is 0 Å². The number of benzene rings is 1. The molecule has 2 aromatic rings. The zero-order valence-electron chi connectivity index (χ0n) is 18.6. The van der Waals surface area contributed by atoms with E-state index in [2.05, 4.69) is 85.7 Å². The second-order valence-corrected chi connectivity index (χ2v) is 7.80. The minimum atomic E-state index is 0.110. The number of rotatable bonds is 8. The first-order valence-electron chi connectivity index (χ1n) is 10.4. The number of aryl methyl sites for hydroxylation is 2. The van der Waals surface area contributed by atoms with Crippen LogP contribution in [0.2, 0.25) is 0 Å². The number of hydrogen-bond acceptors (Lipinski definition) is 2. The van der Waals surface area contributed by atoms with Gasteiger partial charge in [0.15, 0.2) is 5.96 Å². The zero-order chi connectivity index (χ0) is 20.7. The standard InChI is InChI=1S/C23H37N5/c1-8-23(9-2,20-13-11-10-12-14-20)16-25-22(24-6)26-17(3)15-21-18(4)27-28(7)19(21)5/h10-14,17H,8-9,15-16H2,1-7H3,(H2,24,25,26). The third-order valence-electron chi connectivity index (χ3n) is 6.11. The molecule has 0 aliphatic heterocycles. The van der Waals surface area contributed by atoms with Gasteiger partial charge in [0.25, 0.3) is 0 Å². The maximum absolute atomic E-state index is 4.53. The molecule has 0 aliphatic carbocycles. The Morgan fingerprint density at radius 2 is 1.82 bits per heavy atom. The fraction of sp³-hybridized carbons (Fsp3) is 0.565. The number of guanidine groups is 1. The molecule has 1 heterocycles. The Kier molecular flexibility index (Phi) is 7.67. The molecule has 1 aromatic heterocycles.